The van der Waals surface area contributed by atoms with Gasteiger partial charge in [0.15, 0.2) is 0 Å². The van der Waals surface area contributed by atoms with Crippen molar-refractivity contribution < 1.29 is 0 Å². The van der Waals surface area contributed by atoms with Gasteiger partial charge in [-0.05, 0) is 25.0 Å². The van der Waals surface area contributed by atoms with Crippen molar-refractivity contribution in [2.24, 2.45) is 0 Å². The molecule has 1 aliphatic carbocycles. The van der Waals surface area contributed by atoms with Gasteiger partial charge in [-0.1, -0.05) is 31.7 Å². The first-order chi connectivity index (χ1) is 10.8. The molecule has 0 radical (unpaired) electrons. The van der Waals surface area contributed by atoms with Crippen molar-refractivity contribution in [3.05, 3.63) is 50.5 Å². The highest BCUT2D eigenvalue weighted by molar-refractivity contribution is 5.74. The number of nitrogens with one attached hydrogen (secondary N) is 2. The van der Waals surface area contributed by atoms with E-state index in [0.717, 1.165) is 18.5 Å². The van der Waals surface area contributed by atoms with Crippen molar-refractivity contribution in [2.45, 2.75) is 51.1 Å². The van der Waals surface area contributed by atoms with Gasteiger partial charge in [0.1, 0.15) is 11.4 Å². The minimum absolute atomic E-state index is 0.307. The van der Waals surface area contributed by atoms with Crippen LogP contribution in [0.1, 0.15) is 44.2 Å². The maximum absolute atomic E-state index is 11.8. The van der Waals surface area contributed by atoms with Gasteiger partial charge < -0.3 is 10.6 Å². The lowest BCUT2D eigenvalue weighted by molar-refractivity contribution is 0.619. The van der Waals surface area contributed by atoms with Crippen LogP contribution in [0, 0.1) is 0 Å². The average Bonchev–Trinajstić information content (AvgIpc) is 2.83. The van der Waals surface area contributed by atoms with Gasteiger partial charge in [0.25, 0.3) is 10.9 Å². The van der Waals surface area contributed by atoms with E-state index in [-0.39, 0.29) is 0 Å². The summed E-state index contributed by atoms with van der Waals surface area (Å²) in [6.07, 6.45) is 8.73. The second kappa shape index (κ2) is 6.73. The number of aromatic nitrogens is 1. The SMILES string of the molecule is O=c1c(NCc2ccccn2)c(NC2CCCCCC2)c1=O. The highest BCUT2D eigenvalue weighted by Gasteiger charge is 2.23. The summed E-state index contributed by atoms with van der Waals surface area (Å²) in [5.41, 5.74) is 0.906. The number of anilines is 2. The fraction of sp³-hybridized carbons (Fsp3) is 0.471. The van der Waals surface area contributed by atoms with Crippen molar-refractivity contribution in [1.29, 1.82) is 0 Å². The van der Waals surface area contributed by atoms with E-state index in [1.807, 2.05) is 18.2 Å². The van der Waals surface area contributed by atoms with E-state index >= 15 is 0 Å². The van der Waals surface area contributed by atoms with E-state index in [0.29, 0.717) is 24.0 Å². The molecule has 2 N–H and O–H groups in total. The predicted octanol–water partition coefficient (Wildman–Crippen LogP) is 2.42. The van der Waals surface area contributed by atoms with Gasteiger partial charge in [-0.3, -0.25) is 14.6 Å². The number of pyridine rings is 1. The topological polar surface area (TPSA) is 71.1 Å². The van der Waals surface area contributed by atoms with Crippen LogP contribution in [0.5, 0.6) is 0 Å². The summed E-state index contributed by atoms with van der Waals surface area (Å²) in [5, 5.41) is 6.34. The maximum atomic E-state index is 11.8. The lowest BCUT2D eigenvalue weighted by Crippen LogP contribution is -2.39. The molecule has 3 rings (SSSR count). The third kappa shape index (κ3) is 3.18. The monoisotopic (exact) mass is 299 g/mol. The van der Waals surface area contributed by atoms with E-state index in [4.69, 9.17) is 0 Å². The Labute approximate surface area is 129 Å². The van der Waals surface area contributed by atoms with E-state index < -0.39 is 10.9 Å². The summed E-state index contributed by atoms with van der Waals surface area (Å²) in [5.74, 6) is 0. The second-order valence-electron chi connectivity index (χ2n) is 5.92. The molecule has 2 aromatic rings. The molecular weight excluding hydrogens is 278 g/mol. The van der Waals surface area contributed by atoms with Crippen molar-refractivity contribution in [2.75, 3.05) is 10.6 Å². The molecule has 0 bridgehead atoms. The summed E-state index contributed by atoms with van der Waals surface area (Å²) < 4.78 is 0. The first kappa shape index (κ1) is 14.8. The largest absolute Gasteiger partial charge is 0.377 e. The predicted molar refractivity (Wildman–Crippen MR) is 88.0 cm³/mol. The van der Waals surface area contributed by atoms with Crippen LogP contribution >= 0.6 is 0 Å². The Morgan fingerprint density at radius 3 is 2.41 bits per heavy atom. The van der Waals surface area contributed by atoms with E-state index in [2.05, 4.69) is 15.6 Å². The van der Waals surface area contributed by atoms with Crippen LogP contribution < -0.4 is 21.5 Å². The van der Waals surface area contributed by atoms with Gasteiger partial charge in [0.2, 0.25) is 0 Å². The molecule has 1 aliphatic rings. The molecule has 0 unspecified atom stereocenters. The fourth-order valence-electron chi connectivity index (χ4n) is 3.01. The third-order valence-electron chi connectivity index (χ3n) is 4.29. The molecule has 0 amide bonds. The molecule has 1 aromatic carbocycles. The van der Waals surface area contributed by atoms with Gasteiger partial charge in [-0.2, -0.15) is 0 Å². The number of hydrogen-bond donors (Lipinski definition) is 2. The van der Waals surface area contributed by atoms with Crippen molar-refractivity contribution in [3.63, 3.8) is 0 Å². The first-order valence-electron chi connectivity index (χ1n) is 7.99. The van der Waals surface area contributed by atoms with Crippen LogP contribution in [0.2, 0.25) is 0 Å². The van der Waals surface area contributed by atoms with Crippen LogP contribution in [0.15, 0.2) is 34.0 Å². The molecule has 1 saturated carbocycles. The van der Waals surface area contributed by atoms with Crippen LogP contribution in [0.4, 0.5) is 11.4 Å². The Hall–Kier alpha value is -2.17. The Balaban J connectivity index is 1.66. The molecule has 0 saturated heterocycles. The zero-order valence-electron chi connectivity index (χ0n) is 12.6. The molecule has 0 spiro atoms. The first-order valence-corrected chi connectivity index (χ1v) is 7.99. The summed E-state index contributed by atoms with van der Waals surface area (Å²) in [4.78, 5) is 27.8. The lowest BCUT2D eigenvalue weighted by atomic mass is 10.1. The van der Waals surface area contributed by atoms with Crippen molar-refractivity contribution in [3.8, 4) is 0 Å². The van der Waals surface area contributed by atoms with Gasteiger partial charge in [-0.25, -0.2) is 0 Å². The maximum Gasteiger partial charge on any atom is 0.253 e. The molecule has 1 fully saturated rings. The number of hydrogen-bond acceptors (Lipinski definition) is 5. The molecule has 1 heterocycles. The molecule has 0 atom stereocenters. The van der Waals surface area contributed by atoms with E-state index in [9.17, 15) is 9.59 Å². The normalized spacial score (nSPS) is 16.4. The Morgan fingerprint density at radius 2 is 1.73 bits per heavy atom. The van der Waals surface area contributed by atoms with Crippen molar-refractivity contribution >= 4 is 11.4 Å². The summed E-state index contributed by atoms with van der Waals surface area (Å²) >= 11 is 0. The fourth-order valence-corrected chi connectivity index (χ4v) is 3.01. The van der Waals surface area contributed by atoms with E-state index in [1.54, 1.807) is 6.20 Å². The number of nitrogens with zero attached hydrogens (tertiary/aromatic N) is 1. The highest BCUT2D eigenvalue weighted by Crippen LogP contribution is 2.23. The Bertz CT molecular complexity index is 682. The van der Waals surface area contributed by atoms with Gasteiger partial charge in [-0.15, -0.1) is 0 Å². The number of rotatable bonds is 5. The highest BCUT2D eigenvalue weighted by atomic mass is 16.2. The minimum Gasteiger partial charge on any atom is -0.377 e. The van der Waals surface area contributed by atoms with Gasteiger partial charge in [0, 0.05) is 12.2 Å². The molecular formula is C17H21N3O2. The van der Waals surface area contributed by atoms with Crippen LogP contribution in [-0.4, -0.2) is 11.0 Å². The van der Waals surface area contributed by atoms with Gasteiger partial charge >= 0.3 is 0 Å². The van der Waals surface area contributed by atoms with Crippen LogP contribution in [0.25, 0.3) is 0 Å². The summed E-state index contributed by atoms with van der Waals surface area (Å²) in [6.45, 7) is 0.449. The zero-order chi connectivity index (χ0) is 15.4. The molecule has 116 valence electrons. The summed E-state index contributed by atoms with van der Waals surface area (Å²) in [7, 11) is 0. The molecule has 0 aliphatic heterocycles. The van der Waals surface area contributed by atoms with Gasteiger partial charge in [0.05, 0.1) is 12.2 Å². The molecule has 5 nitrogen and oxygen atoms in total. The molecule has 22 heavy (non-hydrogen) atoms. The average molecular weight is 299 g/mol. The minimum atomic E-state index is -0.424. The lowest BCUT2D eigenvalue weighted by Gasteiger charge is -2.21. The van der Waals surface area contributed by atoms with Crippen LogP contribution in [0.3, 0.4) is 0 Å². The Morgan fingerprint density at radius 1 is 1.00 bits per heavy atom. The molecule has 5 heteroatoms. The quantitative estimate of drug-likeness (QED) is 0.655. The second-order valence-corrected chi connectivity index (χ2v) is 5.92. The smallest absolute Gasteiger partial charge is 0.253 e. The van der Waals surface area contributed by atoms with Crippen LogP contribution in [-0.2, 0) is 6.54 Å². The molecule has 1 aromatic heterocycles. The standard InChI is InChI=1S/C17H21N3O2/c21-16-14(19-11-13-9-5-6-10-18-13)15(17(16)22)20-12-7-3-1-2-4-8-12/h5-6,9-10,12,19-20H,1-4,7-8,11H2. The Kier molecular flexibility index (Phi) is 4.51. The third-order valence-corrected chi connectivity index (χ3v) is 4.29. The summed E-state index contributed by atoms with van der Waals surface area (Å²) in [6, 6.07) is 5.94. The zero-order valence-corrected chi connectivity index (χ0v) is 12.6. The van der Waals surface area contributed by atoms with Crippen molar-refractivity contribution in [1.82, 2.24) is 4.98 Å². The van der Waals surface area contributed by atoms with E-state index in [1.165, 1.54) is 25.7 Å².